The molecule has 0 saturated heterocycles. The van der Waals surface area contributed by atoms with Crippen LogP contribution in [0.2, 0.25) is 0 Å². The summed E-state index contributed by atoms with van der Waals surface area (Å²) in [5.41, 5.74) is 0. The number of carbonyl (C=O) groups is 3. The maximum atomic E-state index is 12.9. The Morgan fingerprint density at radius 2 is 0.667 bits per heavy atom. The van der Waals surface area contributed by atoms with E-state index in [1.54, 1.807) is 0 Å². The molecule has 0 bridgehead atoms. The van der Waals surface area contributed by atoms with Crippen LogP contribution in [0.1, 0.15) is 296 Å². The van der Waals surface area contributed by atoms with Crippen molar-refractivity contribution in [2.24, 2.45) is 0 Å². The van der Waals surface area contributed by atoms with Gasteiger partial charge < -0.3 is 33.3 Å². The lowest BCUT2D eigenvalue weighted by molar-refractivity contribution is -0.870. The fraction of sp³-hybridized carbons (Fsp3) is 0.705. The number of carbonyl (C=O) groups excluding carboxylic acids is 3. The Hall–Kier alpha value is -4.31. The molecule has 0 spiro atoms. The zero-order valence-corrected chi connectivity index (χ0v) is 56.9. The van der Waals surface area contributed by atoms with Gasteiger partial charge >= 0.3 is 11.9 Å². The number of carboxylic acids is 1. The largest absolute Gasteiger partial charge is 0.545 e. The van der Waals surface area contributed by atoms with E-state index in [-0.39, 0.29) is 38.6 Å². The number of aliphatic carboxylic acids is 1. The van der Waals surface area contributed by atoms with E-state index in [0.29, 0.717) is 23.9 Å². The Kier molecular flexibility index (Phi) is 64.3. The number of nitrogens with zero attached hydrogens (tertiary/aromatic N) is 1. The molecule has 2 atom stereocenters. The van der Waals surface area contributed by atoms with Crippen LogP contribution in [-0.2, 0) is 33.3 Å². The Bertz CT molecular complexity index is 1840. The topological polar surface area (TPSA) is 111 Å². The molecule has 498 valence electrons. The van der Waals surface area contributed by atoms with Crippen LogP contribution >= 0.6 is 0 Å². The number of carboxylic acid groups (broad SMARTS) is 1. The molecule has 0 aliphatic heterocycles. The third kappa shape index (κ3) is 69.0. The van der Waals surface area contributed by atoms with Gasteiger partial charge in [-0.1, -0.05) is 302 Å². The second-order valence-electron chi connectivity index (χ2n) is 24.8. The second-order valence-corrected chi connectivity index (χ2v) is 24.8. The molecule has 0 aromatic carbocycles. The highest BCUT2D eigenvalue weighted by Crippen LogP contribution is 2.17. The van der Waals surface area contributed by atoms with Crippen molar-refractivity contribution in [3.63, 3.8) is 0 Å². The average molecular weight is 1210 g/mol. The lowest BCUT2D eigenvalue weighted by atomic mass is 10.0. The fourth-order valence-corrected chi connectivity index (χ4v) is 9.77. The van der Waals surface area contributed by atoms with E-state index < -0.39 is 24.3 Å². The summed E-state index contributed by atoms with van der Waals surface area (Å²) in [6.45, 7) is 4.58. The summed E-state index contributed by atoms with van der Waals surface area (Å²) in [4.78, 5) is 37.5. The number of rotatable bonds is 65. The molecule has 2 unspecified atom stereocenters. The maximum absolute atomic E-state index is 12.9. The molecule has 9 nitrogen and oxygen atoms in total. The van der Waals surface area contributed by atoms with Gasteiger partial charge in [0.15, 0.2) is 12.4 Å². The molecular weight excluding hydrogens is 1080 g/mol. The van der Waals surface area contributed by atoms with Gasteiger partial charge in [-0.2, -0.15) is 0 Å². The number of esters is 2. The molecule has 0 aliphatic carbocycles. The van der Waals surface area contributed by atoms with Gasteiger partial charge in [0.25, 0.3) is 0 Å². The van der Waals surface area contributed by atoms with Crippen molar-refractivity contribution in [1.29, 1.82) is 0 Å². The first kappa shape index (κ1) is 82.7. The Morgan fingerprint density at radius 1 is 0.356 bits per heavy atom. The van der Waals surface area contributed by atoms with Crippen molar-refractivity contribution in [1.82, 2.24) is 0 Å². The summed E-state index contributed by atoms with van der Waals surface area (Å²) in [6, 6.07) is 0. The quantitative estimate of drug-likeness (QED) is 0.0195. The summed E-state index contributed by atoms with van der Waals surface area (Å²) in [7, 11) is 5.91. The zero-order chi connectivity index (χ0) is 63.3. The number of quaternary nitrogens is 1. The Labute approximate surface area is 536 Å². The first-order valence-electron chi connectivity index (χ1n) is 35.7. The smallest absolute Gasteiger partial charge is 0.306 e. The van der Waals surface area contributed by atoms with E-state index in [4.69, 9.17) is 18.9 Å². The number of unbranched alkanes of at least 4 members (excludes halogenated alkanes) is 30. The molecule has 0 saturated carbocycles. The fourth-order valence-electron chi connectivity index (χ4n) is 9.77. The summed E-state index contributed by atoms with van der Waals surface area (Å²) in [5.74, 6) is -2.36. The predicted molar refractivity (Wildman–Crippen MR) is 370 cm³/mol. The Morgan fingerprint density at radius 3 is 1.02 bits per heavy atom. The van der Waals surface area contributed by atoms with Gasteiger partial charge in [-0.05, 0) is 103 Å². The summed E-state index contributed by atoms with van der Waals surface area (Å²) < 4.78 is 22.7. The highest BCUT2D eigenvalue weighted by Gasteiger charge is 2.22. The lowest BCUT2D eigenvalue weighted by Crippen LogP contribution is -2.44. The lowest BCUT2D eigenvalue weighted by Gasteiger charge is -2.26. The van der Waals surface area contributed by atoms with E-state index in [1.807, 2.05) is 21.1 Å². The van der Waals surface area contributed by atoms with Gasteiger partial charge in [0, 0.05) is 12.8 Å². The van der Waals surface area contributed by atoms with Crippen LogP contribution in [0.25, 0.3) is 0 Å². The molecule has 87 heavy (non-hydrogen) atoms. The first-order valence-corrected chi connectivity index (χ1v) is 35.7. The number of allylic oxidation sites excluding steroid dienone is 20. The monoisotopic (exact) mass is 1210 g/mol. The minimum atomic E-state index is -1.64. The van der Waals surface area contributed by atoms with Gasteiger partial charge in [-0.25, -0.2) is 0 Å². The van der Waals surface area contributed by atoms with Crippen LogP contribution in [-0.4, -0.2) is 82.3 Å². The number of hydrogen-bond acceptors (Lipinski definition) is 8. The number of ether oxygens (including phenoxy) is 4. The number of likely N-dealkylation sites (N-methyl/N-ethyl adjacent to an activating group) is 1. The zero-order valence-electron chi connectivity index (χ0n) is 56.9. The van der Waals surface area contributed by atoms with Crippen LogP contribution in [0.3, 0.4) is 0 Å². The van der Waals surface area contributed by atoms with Crippen molar-refractivity contribution in [2.75, 3.05) is 47.5 Å². The van der Waals surface area contributed by atoms with Crippen LogP contribution in [0.15, 0.2) is 122 Å². The molecule has 0 amide bonds. The minimum absolute atomic E-state index is 0.131. The average Bonchev–Trinajstić information content (AvgIpc) is 3.57. The van der Waals surface area contributed by atoms with Gasteiger partial charge in [-0.15, -0.1) is 0 Å². The van der Waals surface area contributed by atoms with Crippen molar-refractivity contribution < 1.29 is 42.9 Å². The molecule has 0 rings (SSSR count). The second kappa shape index (κ2) is 67.6. The molecule has 0 aliphatic rings. The van der Waals surface area contributed by atoms with Crippen LogP contribution in [0.4, 0.5) is 0 Å². The third-order valence-electron chi connectivity index (χ3n) is 15.2. The van der Waals surface area contributed by atoms with E-state index in [2.05, 4.69) is 135 Å². The molecule has 0 heterocycles. The van der Waals surface area contributed by atoms with Gasteiger partial charge in [0.05, 0.1) is 40.3 Å². The van der Waals surface area contributed by atoms with Crippen molar-refractivity contribution in [2.45, 2.75) is 309 Å². The number of hydrogen-bond donors (Lipinski definition) is 0. The molecular formula is C78H133NO8. The molecule has 0 radical (unpaired) electrons. The van der Waals surface area contributed by atoms with E-state index in [1.165, 1.54) is 180 Å². The van der Waals surface area contributed by atoms with E-state index in [0.717, 1.165) is 77.0 Å². The van der Waals surface area contributed by atoms with E-state index >= 15 is 0 Å². The molecule has 9 heteroatoms. The Balaban J connectivity index is 4.19. The van der Waals surface area contributed by atoms with Gasteiger partial charge in [0.2, 0.25) is 0 Å². The third-order valence-corrected chi connectivity index (χ3v) is 15.2. The highest BCUT2D eigenvalue weighted by atomic mass is 16.7. The van der Waals surface area contributed by atoms with Crippen molar-refractivity contribution >= 4 is 17.9 Å². The van der Waals surface area contributed by atoms with Crippen molar-refractivity contribution in [3.05, 3.63) is 122 Å². The van der Waals surface area contributed by atoms with Crippen molar-refractivity contribution in [3.8, 4) is 0 Å². The van der Waals surface area contributed by atoms with Crippen LogP contribution in [0.5, 0.6) is 0 Å². The first-order chi connectivity index (χ1) is 42.6. The van der Waals surface area contributed by atoms with Gasteiger partial charge in [0.1, 0.15) is 13.2 Å². The minimum Gasteiger partial charge on any atom is -0.545 e. The normalized spacial score (nSPS) is 13.4. The molecule has 0 aromatic rings. The van der Waals surface area contributed by atoms with Crippen LogP contribution < -0.4 is 5.11 Å². The SMILES string of the molecule is CC/C=C\C/C=C\C/C=C\C/C=C\C/C=C\C/C=C\C/C=C\C/C=C\C/C=C\CCCC(=O)OC(COC(=O)CCCCCCCCCCCCCCCCCCCCCCC/C=C\CCCCCCCCCC)COC(OCC[N+](C)(C)C)C(=O)[O-]. The highest BCUT2D eigenvalue weighted by molar-refractivity contribution is 5.70. The standard InChI is InChI=1S/C78H133NO8/c1-6-8-10-12-14-16-18-20-22-24-26-28-30-32-34-36-37-38-39-41-42-44-46-48-50-52-54-56-58-60-62-64-66-68-75(80)85-72-74(73-86-78(77(82)83)84-71-70-79(3,4)5)87-76(81)69-67-65-63-61-59-57-55-53-51-49-47-45-43-40-35-33-31-29-27-25-23-21-19-17-15-13-11-9-7-2/h9,11,15,17,21,23-24,26-27,29,33,35,43,45,49,51,55,57,61,63,74,78H,6-8,10,12-14,16,18-20,22,25,28,30-32,34,36-42,44,46-48,50,52-54,56,58-60,62,64-73H2,1-5H3/b11-9-,17-15-,23-21-,26-24-,29-27-,35-33-,45-43-,51-49-,57-55-,63-61-. The van der Waals surface area contributed by atoms with Crippen LogP contribution in [0, 0.1) is 0 Å². The maximum Gasteiger partial charge on any atom is 0.306 e. The molecule has 0 N–H and O–H groups in total. The predicted octanol–water partition coefficient (Wildman–Crippen LogP) is 21.0. The molecule has 0 aromatic heterocycles. The summed E-state index contributed by atoms with van der Waals surface area (Å²) in [6.07, 6.45) is 93.0. The summed E-state index contributed by atoms with van der Waals surface area (Å²) in [5, 5.41) is 11.8. The summed E-state index contributed by atoms with van der Waals surface area (Å²) >= 11 is 0. The molecule has 0 fully saturated rings. The van der Waals surface area contributed by atoms with Gasteiger partial charge in [-0.3, -0.25) is 9.59 Å². The van der Waals surface area contributed by atoms with E-state index in [9.17, 15) is 19.5 Å².